The fraction of sp³-hybridized carbons (Fsp3) is 0.417. The summed E-state index contributed by atoms with van der Waals surface area (Å²) in [5, 5.41) is 12.2. The van der Waals surface area contributed by atoms with Gasteiger partial charge in [0, 0.05) is 44.4 Å². The van der Waals surface area contributed by atoms with Gasteiger partial charge in [-0.05, 0) is 86.7 Å². The van der Waals surface area contributed by atoms with Crippen LogP contribution in [0, 0.1) is 26.6 Å². The lowest BCUT2D eigenvalue weighted by Crippen LogP contribution is -2.54. The zero-order chi connectivity index (χ0) is 37.0. The Morgan fingerprint density at radius 3 is 2.43 bits per heavy atom. The van der Waals surface area contributed by atoms with Crippen LogP contribution in [-0.4, -0.2) is 89.2 Å². The molecule has 5 rings (SSSR count). The molecule has 3 heterocycles. The minimum Gasteiger partial charge on any atom is -0.484 e. The second-order valence-electron chi connectivity index (χ2n) is 12.9. The highest BCUT2D eigenvalue weighted by Crippen LogP contribution is 2.32. The third-order valence-electron chi connectivity index (χ3n) is 9.02. The Kier molecular flexibility index (Phi) is 11.4. The number of carbonyl (C=O) groups is 3. The predicted molar refractivity (Wildman–Crippen MR) is 180 cm³/mol. The van der Waals surface area contributed by atoms with Crippen LogP contribution < -0.4 is 15.4 Å². The maximum Gasteiger partial charge on any atom is 0.435 e. The molecule has 15 heteroatoms. The standard InChI is InChI=1S/C36H40F4N6O5/c1-6-32(47)46-11-10-45(17-23(46)5)18-30(24-8-7-20(2)28(37)15-24)51-29-13-21(3)26(16-27(29)35(49)41-25-9-12-50-19-25)34(48)42-33-22(4)14-31(43-44-33)36(38,39)40/h6-8,13-16,23,25,30H,1,9-12,17-19H2,2-5H3,(H,41,49)(H,42,44,48)/t23-,25-,30-/m1/s1. The molecule has 3 amide bonds. The molecule has 2 saturated heterocycles. The summed E-state index contributed by atoms with van der Waals surface area (Å²) in [7, 11) is 0. The van der Waals surface area contributed by atoms with E-state index in [0.717, 1.165) is 6.07 Å². The van der Waals surface area contributed by atoms with Gasteiger partial charge in [0.1, 0.15) is 17.7 Å². The summed E-state index contributed by atoms with van der Waals surface area (Å²) in [5.74, 6) is -1.91. The summed E-state index contributed by atoms with van der Waals surface area (Å²) in [6.07, 6.45) is -3.63. The number of alkyl halides is 3. The summed E-state index contributed by atoms with van der Waals surface area (Å²) < 4.78 is 66.3. The molecule has 2 aromatic carbocycles. The highest BCUT2D eigenvalue weighted by molar-refractivity contribution is 6.07. The highest BCUT2D eigenvalue weighted by Gasteiger charge is 2.34. The number of nitrogens with one attached hydrogen (secondary N) is 2. The van der Waals surface area contributed by atoms with Crippen molar-refractivity contribution in [2.75, 3.05) is 44.7 Å². The number of piperazine rings is 1. The van der Waals surface area contributed by atoms with Crippen LogP contribution in [0.3, 0.4) is 0 Å². The van der Waals surface area contributed by atoms with Crippen molar-refractivity contribution >= 4 is 23.5 Å². The van der Waals surface area contributed by atoms with Crippen molar-refractivity contribution in [3.05, 3.63) is 93.9 Å². The molecule has 0 unspecified atom stereocenters. The van der Waals surface area contributed by atoms with Crippen molar-refractivity contribution in [3.8, 4) is 5.75 Å². The maximum atomic E-state index is 14.9. The number of aryl methyl sites for hydroxylation is 3. The summed E-state index contributed by atoms with van der Waals surface area (Å²) in [5.41, 5.74) is 0.253. The zero-order valence-electron chi connectivity index (χ0n) is 28.8. The van der Waals surface area contributed by atoms with Gasteiger partial charge >= 0.3 is 6.18 Å². The largest absolute Gasteiger partial charge is 0.484 e. The number of anilines is 1. The molecule has 51 heavy (non-hydrogen) atoms. The molecule has 0 saturated carbocycles. The van der Waals surface area contributed by atoms with E-state index in [9.17, 15) is 31.9 Å². The van der Waals surface area contributed by atoms with E-state index < -0.39 is 35.6 Å². The lowest BCUT2D eigenvalue weighted by molar-refractivity contribution is -0.141. The van der Waals surface area contributed by atoms with Crippen LogP contribution in [0.2, 0.25) is 0 Å². The van der Waals surface area contributed by atoms with Crippen molar-refractivity contribution < 1.29 is 41.4 Å². The second-order valence-corrected chi connectivity index (χ2v) is 12.9. The molecule has 2 fully saturated rings. The number of benzene rings is 2. The fourth-order valence-electron chi connectivity index (χ4n) is 6.09. The molecule has 2 N–H and O–H groups in total. The average Bonchev–Trinajstić information content (AvgIpc) is 3.59. The van der Waals surface area contributed by atoms with Crippen molar-refractivity contribution in [2.45, 2.75) is 58.5 Å². The number of hydrogen-bond acceptors (Lipinski definition) is 8. The second kappa shape index (κ2) is 15.6. The van der Waals surface area contributed by atoms with Gasteiger partial charge in [-0.3, -0.25) is 19.3 Å². The van der Waals surface area contributed by atoms with Crippen LogP contribution in [0.5, 0.6) is 5.75 Å². The summed E-state index contributed by atoms with van der Waals surface area (Å²) >= 11 is 0. The Bertz CT molecular complexity index is 1810. The Hall–Kier alpha value is -4.89. The molecule has 1 aromatic heterocycles. The predicted octanol–water partition coefficient (Wildman–Crippen LogP) is 5.17. The minimum absolute atomic E-state index is 0.0141. The first kappa shape index (κ1) is 37.4. The first-order chi connectivity index (χ1) is 24.1. The molecule has 11 nitrogen and oxygen atoms in total. The van der Waals surface area contributed by atoms with Crippen LogP contribution in [-0.2, 0) is 15.7 Å². The smallest absolute Gasteiger partial charge is 0.435 e. The number of amides is 3. The first-order valence-electron chi connectivity index (χ1n) is 16.5. The lowest BCUT2D eigenvalue weighted by atomic mass is 10.0. The van der Waals surface area contributed by atoms with Crippen molar-refractivity contribution in [3.63, 3.8) is 0 Å². The minimum atomic E-state index is -4.71. The lowest BCUT2D eigenvalue weighted by Gasteiger charge is -2.40. The van der Waals surface area contributed by atoms with Gasteiger partial charge in [0.25, 0.3) is 11.8 Å². The van der Waals surface area contributed by atoms with E-state index in [1.165, 1.54) is 31.2 Å². The Labute approximate surface area is 293 Å². The molecule has 0 radical (unpaired) electrons. The van der Waals surface area contributed by atoms with E-state index in [-0.39, 0.29) is 52.8 Å². The van der Waals surface area contributed by atoms with Crippen LogP contribution in [0.25, 0.3) is 0 Å². The van der Waals surface area contributed by atoms with Crippen molar-refractivity contribution in [2.24, 2.45) is 0 Å². The summed E-state index contributed by atoms with van der Waals surface area (Å²) in [4.78, 5) is 43.5. The average molecular weight is 713 g/mol. The Morgan fingerprint density at radius 1 is 1.04 bits per heavy atom. The van der Waals surface area contributed by atoms with Gasteiger partial charge in [0.05, 0.1) is 18.2 Å². The van der Waals surface area contributed by atoms with E-state index in [1.807, 2.05) is 6.92 Å². The first-order valence-corrected chi connectivity index (χ1v) is 16.5. The quantitative estimate of drug-likeness (QED) is 0.218. The van der Waals surface area contributed by atoms with Gasteiger partial charge in [-0.1, -0.05) is 18.7 Å². The summed E-state index contributed by atoms with van der Waals surface area (Å²) in [6, 6.07) is 8.03. The molecule has 3 atom stereocenters. The number of nitrogens with zero attached hydrogens (tertiary/aromatic N) is 4. The van der Waals surface area contributed by atoms with Gasteiger partial charge in [0.15, 0.2) is 11.5 Å². The van der Waals surface area contributed by atoms with E-state index >= 15 is 0 Å². The number of rotatable bonds is 10. The van der Waals surface area contributed by atoms with Gasteiger partial charge in [0.2, 0.25) is 5.91 Å². The van der Waals surface area contributed by atoms with Gasteiger partial charge in [-0.2, -0.15) is 13.2 Å². The molecule has 3 aromatic rings. The van der Waals surface area contributed by atoms with Crippen LogP contribution in [0.4, 0.5) is 23.4 Å². The number of carbonyl (C=O) groups excluding carboxylic acids is 3. The SMILES string of the molecule is C=CC(=O)N1CCN(C[C@@H](Oc2cc(C)c(C(=O)Nc3nnc(C(F)(F)F)cc3C)cc2C(=O)N[C@@H]2CCOC2)c2ccc(C)c(F)c2)C[C@H]1C. The van der Waals surface area contributed by atoms with Crippen LogP contribution in [0.1, 0.15) is 68.1 Å². The Balaban J connectivity index is 1.48. The van der Waals surface area contributed by atoms with E-state index in [4.69, 9.17) is 9.47 Å². The third-order valence-corrected chi connectivity index (χ3v) is 9.02. The number of halogens is 4. The van der Waals surface area contributed by atoms with E-state index in [0.29, 0.717) is 56.0 Å². The van der Waals surface area contributed by atoms with Gasteiger partial charge < -0.3 is 25.0 Å². The zero-order valence-corrected chi connectivity index (χ0v) is 28.8. The van der Waals surface area contributed by atoms with Crippen molar-refractivity contribution in [1.82, 2.24) is 25.3 Å². The van der Waals surface area contributed by atoms with Crippen LogP contribution in [0.15, 0.2) is 49.1 Å². The molecule has 0 spiro atoms. The molecule has 2 aliphatic rings. The van der Waals surface area contributed by atoms with Gasteiger partial charge in [-0.15, -0.1) is 10.2 Å². The molecule has 0 bridgehead atoms. The highest BCUT2D eigenvalue weighted by atomic mass is 19.4. The van der Waals surface area contributed by atoms with Gasteiger partial charge in [-0.25, -0.2) is 4.39 Å². The molecular formula is C36H40F4N6O5. The van der Waals surface area contributed by atoms with E-state index in [2.05, 4.69) is 32.3 Å². The van der Waals surface area contributed by atoms with Crippen LogP contribution >= 0.6 is 0 Å². The monoisotopic (exact) mass is 712 g/mol. The van der Waals surface area contributed by atoms with Crippen molar-refractivity contribution in [1.29, 1.82) is 0 Å². The normalized spacial score (nSPS) is 18.6. The topological polar surface area (TPSA) is 126 Å². The van der Waals surface area contributed by atoms with E-state index in [1.54, 1.807) is 30.9 Å². The fourth-order valence-corrected chi connectivity index (χ4v) is 6.09. The number of aromatic nitrogens is 2. The molecular weight excluding hydrogens is 672 g/mol. The maximum absolute atomic E-state index is 14.9. The summed E-state index contributed by atoms with van der Waals surface area (Å²) in [6.45, 7) is 12.7. The Morgan fingerprint density at radius 2 is 1.80 bits per heavy atom. The molecule has 2 aliphatic heterocycles. The number of ether oxygens (including phenoxy) is 2. The molecule has 272 valence electrons. The third kappa shape index (κ3) is 8.89. The molecule has 0 aliphatic carbocycles. The number of hydrogen-bond donors (Lipinski definition) is 2.